The van der Waals surface area contributed by atoms with E-state index in [0.717, 1.165) is 11.3 Å². The molecular formula is C28H31Cl2N5O5. The summed E-state index contributed by atoms with van der Waals surface area (Å²) in [5, 5.41) is 1.13. The molecule has 0 N–H and O–H groups in total. The van der Waals surface area contributed by atoms with Crippen LogP contribution in [0.5, 0.6) is 0 Å². The topological polar surface area (TPSA) is 105 Å². The second kappa shape index (κ2) is 12.7. The van der Waals surface area contributed by atoms with Gasteiger partial charge in [-0.25, -0.2) is 4.98 Å². The van der Waals surface area contributed by atoms with Gasteiger partial charge in [-0.15, -0.1) is 0 Å². The zero-order valence-corrected chi connectivity index (χ0v) is 24.1. The Morgan fingerprint density at radius 2 is 1.77 bits per heavy atom. The summed E-state index contributed by atoms with van der Waals surface area (Å²) in [7, 11) is 1.29. The zero-order chi connectivity index (χ0) is 29.0. The number of amides is 2. The van der Waals surface area contributed by atoms with Gasteiger partial charge in [0.25, 0.3) is 5.56 Å². The van der Waals surface area contributed by atoms with E-state index in [1.165, 1.54) is 22.9 Å². The number of anilines is 1. The van der Waals surface area contributed by atoms with E-state index in [2.05, 4.69) is 9.88 Å². The third-order valence-electron chi connectivity index (χ3n) is 7.01. The Morgan fingerprint density at radius 3 is 2.42 bits per heavy atom. The number of benzene rings is 2. The number of hydrogen-bond donors (Lipinski definition) is 0. The maximum absolute atomic E-state index is 13.5. The lowest BCUT2D eigenvalue weighted by molar-refractivity contribution is -0.146. The van der Waals surface area contributed by atoms with Crippen LogP contribution in [0.1, 0.15) is 19.4 Å². The summed E-state index contributed by atoms with van der Waals surface area (Å²) < 4.78 is 6.11. The quantitative estimate of drug-likeness (QED) is 0.373. The van der Waals surface area contributed by atoms with Crippen LogP contribution in [-0.2, 0) is 32.2 Å². The van der Waals surface area contributed by atoms with Crippen LogP contribution in [0.25, 0.3) is 10.9 Å². The van der Waals surface area contributed by atoms with E-state index in [9.17, 15) is 19.2 Å². The Hall–Kier alpha value is -3.63. The molecule has 212 valence electrons. The minimum absolute atomic E-state index is 0.0455. The van der Waals surface area contributed by atoms with Crippen molar-refractivity contribution in [2.75, 3.05) is 44.7 Å². The molecule has 1 fully saturated rings. The molecule has 2 amide bonds. The summed E-state index contributed by atoms with van der Waals surface area (Å²) in [5.74, 6) is -1.37. The number of hydrogen-bond acceptors (Lipinski definition) is 7. The summed E-state index contributed by atoms with van der Waals surface area (Å²) in [6, 6.07) is 10.5. The van der Waals surface area contributed by atoms with Gasteiger partial charge in [-0.2, -0.15) is 0 Å². The highest BCUT2D eigenvalue weighted by atomic mass is 35.5. The Kier molecular flexibility index (Phi) is 9.32. The van der Waals surface area contributed by atoms with Crippen molar-refractivity contribution < 1.29 is 19.1 Å². The summed E-state index contributed by atoms with van der Waals surface area (Å²) >= 11 is 12.2. The van der Waals surface area contributed by atoms with Gasteiger partial charge in [0.2, 0.25) is 11.8 Å². The molecule has 2 aromatic carbocycles. The first-order valence-electron chi connectivity index (χ1n) is 12.9. The Morgan fingerprint density at radius 1 is 1.05 bits per heavy atom. The third kappa shape index (κ3) is 6.74. The second-order valence-electron chi connectivity index (χ2n) is 9.82. The molecule has 0 spiro atoms. The molecule has 1 atom stereocenters. The molecule has 2 heterocycles. The molecule has 0 radical (unpaired) electrons. The van der Waals surface area contributed by atoms with Crippen molar-refractivity contribution in [2.24, 2.45) is 5.92 Å². The Labute approximate surface area is 242 Å². The number of ether oxygens (including phenoxy) is 1. The average Bonchev–Trinajstić information content (AvgIpc) is 2.95. The number of piperazine rings is 1. The highest BCUT2D eigenvalue weighted by Crippen LogP contribution is 2.24. The molecule has 1 aliphatic heterocycles. The van der Waals surface area contributed by atoms with E-state index in [4.69, 9.17) is 27.9 Å². The minimum Gasteiger partial charge on any atom is -0.469 e. The van der Waals surface area contributed by atoms with E-state index in [-0.39, 0.29) is 37.0 Å². The lowest BCUT2D eigenvalue weighted by atomic mass is 10.1. The van der Waals surface area contributed by atoms with Crippen molar-refractivity contribution in [1.29, 1.82) is 0 Å². The van der Waals surface area contributed by atoms with Crippen LogP contribution in [0, 0.1) is 5.92 Å². The summed E-state index contributed by atoms with van der Waals surface area (Å²) in [6.45, 7) is 5.72. The van der Waals surface area contributed by atoms with Crippen molar-refractivity contribution in [2.45, 2.75) is 26.9 Å². The largest absolute Gasteiger partial charge is 0.469 e. The molecule has 0 aliphatic carbocycles. The first-order valence-corrected chi connectivity index (χ1v) is 13.6. The molecule has 4 rings (SSSR count). The van der Waals surface area contributed by atoms with Gasteiger partial charge in [0.15, 0.2) is 0 Å². The van der Waals surface area contributed by atoms with Gasteiger partial charge in [0, 0.05) is 51.9 Å². The van der Waals surface area contributed by atoms with Gasteiger partial charge in [0.05, 0.1) is 40.3 Å². The first kappa shape index (κ1) is 29.4. The lowest BCUT2D eigenvalue weighted by Gasteiger charge is -2.35. The van der Waals surface area contributed by atoms with Gasteiger partial charge in [0.1, 0.15) is 6.54 Å². The average molecular weight is 588 g/mol. The standard InChI is InChI=1S/C28H31Cl2N5O5/c1-18(28(39)40-3)14-34(15-20-4-6-23(29)24(30)12-20)26(37)16-35-17-31-25-7-5-21(13-22(25)27(35)38)33-10-8-32(9-11-33)19(2)36/h4-7,12-13,17-18H,8-11,14-16H2,1-3H3. The molecule has 40 heavy (non-hydrogen) atoms. The maximum atomic E-state index is 13.5. The molecule has 0 saturated carbocycles. The molecule has 0 bridgehead atoms. The zero-order valence-electron chi connectivity index (χ0n) is 22.6. The van der Waals surface area contributed by atoms with Crippen molar-refractivity contribution in [1.82, 2.24) is 19.4 Å². The van der Waals surface area contributed by atoms with E-state index < -0.39 is 11.9 Å². The van der Waals surface area contributed by atoms with Crippen LogP contribution in [0.4, 0.5) is 5.69 Å². The van der Waals surface area contributed by atoms with Gasteiger partial charge < -0.3 is 19.4 Å². The minimum atomic E-state index is -0.589. The van der Waals surface area contributed by atoms with Gasteiger partial charge >= 0.3 is 5.97 Å². The second-order valence-corrected chi connectivity index (χ2v) is 10.6. The first-order chi connectivity index (χ1) is 19.1. The fourth-order valence-electron chi connectivity index (χ4n) is 4.70. The molecule has 12 heteroatoms. The SMILES string of the molecule is COC(=O)C(C)CN(Cc1ccc(Cl)c(Cl)c1)C(=O)Cn1cnc2ccc(N3CCN(C(C)=O)CC3)cc2c1=O. The Bertz CT molecular complexity index is 1490. The molecule has 1 saturated heterocycles. The number of carbonyl (C=O) groups is 3. The van der Waals surface area contributed by atoms with Crippen LogP contribution in [0.15, 0.2) is 47.5 Å². The van der Waals surface area contributed by atoms with Gasteiger partial charge in [-0.1, -0.05) is 36.2 Å². The number of aromatic nitrogens is 2. The van der Waals surface area contributed by atoms with Crippen molar-refractivity contribution in [3.8, 4) is 0 Å². The van der Waals surface area contributed by atoms with Gasteiger partial charge in [-0.3, -0.25) is 23.7 Å². The van der Waals surface area contributed by atoms with Crippen molar-refractivity contribution in [3.63, 3.8) is 0 Å². The number of carbonyl (C=O) groups excluding carboxylic acids is 3. The van der Waals surface area contributed by atoms with Crippen LogP contribution in [0.2, 0.25) is 10.0 Å². The molecule has 1 unspecified atom stereocenters. The number of nitrogens with zero attached hydrogens (tertiary/aromatic N) is 5. The highest BCUT2D eigenvalue weighted by molar-refractivity contribution is 6.42. The molecule has 1 aliphatic rings. The number of rotatable bonds is 8. The fourth-order valence-corrected chi connectivity index (χ4v) is 5.02. The van der Waals surface area contributed by atoms with Crippen LogP contribution in [0.3, 0.4) is 0 Å². The molecular weight excluding hydrogens is 557 g/mol. The van der Waals surface area contributed by atoms with Crippen LogP contribution < -0.4 is 10.5 Å². The summed E-state index contributed by atoms with van der Waals surface area (Å²) in [4.78, 5) is 60.5. The van der Waals surface area contributed by atoms with E-state index >= 15 is 0 Å². The highest BCUT2D eigenvalue weighted by Gasteiger charge is 2.24. The smallest absolute Gasteiger partial charge is 0.310 e. The lowest BCUT2D eigenvalue weighted by Crippen LogP contribution is -2.48. The Balaban J connectivity index is 1.57. The molecule has 3 aromatic rings. The number of fused-ring (bicyclic) bond motifs is 1. The molecule has 1 aromatic heterocycles. The predicted molar refractivity (Wildman–Crippen MR) is 154 cm³/mol. The van der Waals surface area contributed by atoms with E-state index in [1.54, 1.807) is 49.1 Å². The van der Waals surface area contributed by atoms with E-state index in [0.29, 0.717) is 47.1 Å². The van der Waals surface area contributed by atoms with E-state index in [1.807, 2.05) is 6.07 Å². The molecule has 10 nitrogen and oxygen atoms in total. The van der Waals surface area contributed by atoms with Crippen LogP contribution >= 0.6 is 23.2 Å². The third-order valence-corrected chi connectivity index (χ3v) is 7.75. The summed E-state index contributed by atoms with van der Waals surface area (Å²) in [5.41, 5.74) is 1.75. The fraction of sp³-hybridized carbons (Fsp3) is 0.393. The number of halogens is 2. The normalized spacial score (nSPS) is 14.2. The monoisotopic (exact) mass is 587 g/mol. The van der Waals surface area contributed by atoms with Crippen molar-refractivity contribution >= 4 is 57.6 Å². The summed E-state index contributed by atoms with van der Waals surface area (Å²) in [6.07, 6.45) is 1.36. The van der Waals surface area contributed by atoms with Gasteiger partial charge in [-0.05, 0) is 35.9 Å². The van der Waals surface area contributed by atoms with Crippen LogP contribution in [-0.4, -0.2) is 77.0 Å². The number of esters is 1. The predicted octanol–water partition coefficient (Wildman–Crippen LogP) is 3.21. The number of methoxy groups -OCH3 is 1. The van der Waals surface area contributed by atoms with Crippen molar-refractivity contribution in [3.05, 3.63) is 68.7 Å². The maximum Gasteiger partial charge on any atom is 0.310 e.